The highest BCUT2D eigenvalue weighted by atomic mass is 32.2. The molecule has 0 aliphatic carbocycles. The minimum absolute atomic E-state index is 0.0862. The van der Waals surface area contributed by atoms with Crippen LogP contribution in [0.1, 0.15) is 24.8 Å². The van der Waals surface area contributed by atoms with Crippen LogP contribution < -0.4 is 19.5 Å². The standard InChI is InChI=1S/C21H25NO4S/c1-24-19-9-7-17(14-20(19)25-2)27-12-4-3-11-26-16-6-8-18-15(13-16)5-10-21(23)22-18/h6-9,13-14H,3-5,10-12H2,1-2H3,(H,22,23). The van der Waals surface area contributed by atoms with E-state index in [2.05, 4.69) is 11.4 Å². The molecule has 0 saturated heterocycles. The lowest BCUT2D eigenvalue weighted by Crippen LogP contribution is -2.18. The Morgan fingerprint density at radius 3 is 2.67 bits per heavy atom. The number of hydrogen-bond donors (Lipinski definition) is 1. The highest BCUT2D eigenvalue weighted by Gasteiger charge is 2.14. The van der Waals surface area contributed by atoms with Gasteiger partial charge in [-0.1, -0.05) is 0 Å². The van der Waals surface area contributed by atoms with Crippen LogP contribution in [-0.2, 0) is 11.2 Å². The number of thioether (sulfide) groups is 1. The summed E-state index contributed by atoms with van der Waals surface area (Å²) >= 11 is 1.80. The van der Waals surface area contributed by atoms with Crippen LogP contribution in [0.25, 0.3) is 0 Å². The van der Waals surface area contributed by atoms with Crippen molar-refractivity contribution in [2.75, 3.05) is 31.9 Å². The largest absolute Gasteiger partial charge is 0.494 e. The van der Waals surface area contributed by atoms with E-state index in [1.807, 2.05) is 30.3 Å². The number of unbranched alkanes of at least 4 members (excludes halogenated alkanes) is 1. The number of aryl methyl sites for hydroxylation is 1. The van der Waals surface area contributed by atoms with Crippen molar-refractivity contribution in [2.24, 2.45) is 0 Å². The highest BCUT2D eigenvalue weighted by Crippen LogP contribution is 2.32. The quantitative estimate of drug-likeness (QED) is 0.506. The summed E-state index contributed by atoms with van der Waals surface area (Å²) in [6.45, 7) is 0.692. The van der Waals surface area contributed by atoms with E-state index in [4.69, 9.17) is 14.2 Å². The lowest BCUT2D eigenvalue weighted by atomic mass is 10.0. The van der Waals surface area contributed by atoms with Gasteiger partial charge < -0.3 is 19.5 Å². The maximum Gasteiger partial charge on any atom is 0.224 e. The average molecular weight is 388 g/mol. The monoisotopic (exact) mass is 387 g/mol. The molecule has 1 amide bonds. The Labute approximate surface area is 164 Å². The summed E-state index contributed by atoms with van der Waals surface area (Å²) in [6, 6.07) is 11.9. The van der Waals surface area contributed by atoms with Crippen molar-refractivity contribution in [3.8, 4) is 17.2 Å². The van der Waals surface area contributed by atoms with Crippen LogP contribution in [0.5, 0.6) is 17.2 Å². The number of nitrogens with one attached hydrogen (secondary N) is 1. The molecule has 6 heteroatoms. The lowest BCUT2D eigenvalue weighted by molar-refractivity contribution is -0.116. The molecule has 0 unspecified atom stereocenters. The fourth-order valence-electron chi connectivity index (χ4n) is 2.94. The molecule has 0 atom stereocenters. The molecule has 0 radical (unpaired) electrons. The number of rotatable bonds is 9. The van der Waals surface area contributed by atoms with E-state index in [0.717, 1.165) is 53.5 Å². The Morgan fingerprint density at radius 2 is 1.85 bits per heavy atom. The first-order valence-corrected chi connectivity index (χ1v) is 10.1. The van der Waals surface area contributed by atoms with E-state index in [9.17, 15) is 4.79 Å². The summed E-state index contributed by atoms with van der Waals surface area (Å²) in [5.41, 5.74) is 2.06. The van der Waals surface area contributed by atoms with Crippen LogP contribution in [0.15, 0.2) is 41.3 Å². The number of carbonyl (C=O) groups is 1. The summed E-state index contributed by atoms with van der Waals surface area (Å²) in [5.74, 6) is 3.49. The predicted octanol–water partition coefficient (Wildman–Crippen LogP) is 4.54. The van der Waals surface area contributed by atoms with E-state index in [1.54, 1.807) is 26.0 Å². The Kier molecular flexibility index (Phi) is 6.87. The molecule has 2 aromatic rings. The van der Waals surface area contributed by atoms with Gasteiger partial charge >= 0.3 is 0 Å². The Hall–Kier alpha value is -2.34. The van der Waals surface area contributed by atoms with Crippen molar-refractivity contribution < 1.29 is 19.0 Å². The van der Waals surface area contributed by atoms with Crippen LogP contribution in [0, 0.1) is 0 Å². The summed E-state index contributed by atoms with van der Waals surface area (Å²) in [7, 11) is 3.29. The molecule has 0 aromatic heterocycles. The number of methoxy groups -OCH3 is 2. The lowest BCUT2D eigenvalue weighted by Gasteiger charge is -2.17. The fraction of sp³-hybridized carbons (Fsp3) is 0.381. The van der Waals surface area contributed by atoms with Gasteiger partial charge in [-0.15, -0.1) is 11.8 Å². The maximum atomic E-state index is 11.4. The Morgan fingerprint density at radius 1 is 1.00 bits per heavy atom. The molecule has 1 heterocycles. The maximum absolute atomic E-state index is 11.4. The molecule has 5 nitrogen and oxygen atoms in total. The molecular formula is C21H25NO4S. The number of amides is 1. The number of hydrogen-bond acceptors (Lipinski definition) is 5. The number of carbonyl (C=O) groups excluding carboxylic acids is 1. The fourth-order valence-corrected chi connectivity index (χ4v) is 3.88. The van der Waals surface area contributed by atoms with Gasteiger partial charge in [-0.3, -0.25) is 4.79 Å². The molecule has 1 N–H and O–H groups in total. The van der Waals surface area contributed by atoms with Crippen molar-refractivity contribution in [1.82, 2.24) is 0 Å². The summed E-state index contributed by atoms with van der Waals surface area (Å²) < 4.78 is 16.5. The molecule has 2 aromatic carbocycles. The summed E-state index contributed by atoms with van der Waals surface area (Å²) in [4.78, 5) is 12.6. The molecule has 1 aliphatic rings. The van der Waals surface area contributed by atoms with Crippen molar-refractivity contribution >= 4 is 23.4 Å². The Bertz CT molecular complexity index is 794. The van der Waals surface area contributed by atoms with Gasteiger partial charge in [0, 0.05) is 17.0 Å². The molecular weight excluding hydrogens is 362 g/mol. The third-order valence-corrected chi connectivity index (χ3v) is 5.48. The Balaban J connectivity index is 1.38. The molecule has 1 aliphatic heterocycles. The molecule has 3 rings (SSSR count). The normalized spacial score (nSPS) is 12.9. The zero-order valence-corrected chi connectivity index (χ0v) is 16.6. The van der Waals surface area contributed by atoms with Crippen molar-refractivity contribution in [3.63, 3.8) is 0 Å². The number of benzene rings is 2. The third-order valence-electron chi connectivity index (χ3n) is 4.40. The topological polar surface area (TPSA) is 56.8 Å². The number of anilines is 1. The molecule has 0 spiro atoms. The summed E-state index contributed by atoms with van der Waals surface area (Å²) in [5, 5.41) is 2.89. The minimum Gasteiger partial charge on any atom is -0.494 e. The van der Waals surface area contributed by atoms with Gasteiger partial charge in [0.05, 0.1) is 20.8 Å². The SMILES string of the molecule is COc1ccc(SCCCCOc2ccc3c(c2)CCC(=O)N3)cc1OC. The van der Waals surface area contributed by atoms with Crippen molar-refractivity contribution in [1.29, 1.82) is 0 Å². The van der Waals surface area contributed by atoms with Gasteiger partial charge in [0.25, 0.3) is 0 Å². The molecule has 0 bridgehead atoms. The van der Waals surface area contributed by atoms with Crippen LogP contribution in [0.4, 0.5) is 5.69 Å². The first-order valence-electron chi connectivity index (χ1n) is 9.10. The second-order valence-corrected chi connectivity index (χ2v) is 7.46. The van der Waals surface area contributed by atoms with Gasteiger partial charge in [-0.2, -0.15) is 0 Å². The second kappa shape index (κ2) is 9.55. The molecule has 0 saturated carbocycles. The number of ether oxygens (including phenoxy) is 3. The van der Waals surface area contributed by atoms with E-state index >= 15 is 0 Å². The van der Waals surface area contributed by atoms with E-state index < -0.39 is 0 Å². The van der Waals surface area contributed by atoms with Crippen LogP contribution >= 0.6 is 11.8 Å². The summed E-state index contributed by atoms with van der Waals surface area (Å²) in [6.07, 6.45) is 3.39. The van der Waals surface area contributed by atoms with Crippen molar-refractivity contribution in [3.05, 3.63) is 42.0 Å². The van der Waals surface area contributed by atoms with Gasteiger partial charge in [-0.25, -0.2) is 0 Å². The predicted molar refractivity (Wildman–Crippen MR) is 108 cm³/mol. The van der Waals surface area contributed by atoms with Crippen molar-refractivity contribution in [2.45, 2.75) is 30.6 Å². The molecule has 27 heavy (non-hydrogen) atoms. The van der Waals surface area contributed by atoms with Gasteiger partial charge in [0.1, 0.15) is 5.75 Å². The zero-order chi connectivity index (χ0) is 19.1. The van der Waals surface area contributed by atoms with Gasteiger partial charge in [-0.05, 0) is 67.0 Å². The second-order valence-electron chi connectivity index (χ2n) is 6.29. The first kappa shape index (κ1) is 19.4. The zero-order valence-electron chi connectivity index (χ0n) is 15.7. The molecule has 0 fully saturated rings. The van der Waals surface area contributed by atoms with E-state index in [1.165, 1.54) is 4.90 Å². The van der Waals surface area contributed by atoms with Crippen LogP contribution in [0.2, 0.25) is 0 Å². The smallest absolute Gasteiger partial charge is 0.224 e. The van der Waals surface area contributed by atoms with E-state index in [-0.39, 0.29) is 5.91 Å². The van der Waals surface area contributed by atoms with Crippen LogP contribution in [-0.4, -0.2) is 32.5 Å². The van der Waals surface area contributed by atoms with Crippen LogP contribution in [0.3, 0.4) is 0 Å². The molecule has 144 valence electrons. The van der Waals surface area contributed by atoms with Gasteiger partial charge in [0.2, 0.25) is 5.91 Å². The van der Waals surface area contributed by atoms with E-state index in [0.29, 0.717) is 13.0 Å². The van der Waals surface area contributed by atoms with Gasteiger partial charge in [0.15, 0.2) is 11.5 Å². The number of fused-ring (bicyclic) bond motifs is 1. The highest BCUT2D eigenvalue weighted by molar-refractivity contribution is 7.99. The third kappa shape index (κ3) is 5.32. The minimum atomic E-state index is 0.0862. The first-order chi connectivity index (χ1) is 13.2. The average Bonchev–Trinajstić information content (AvgIpc) is 2.70.